The van der Waals surface area contributed by atoms with Crippen LogP contribution < -0.4 is 0 Å². The predicted octanol–water partition coefficient (Wildman–Crippen LogP) is 2.29. The molecule has 0 radical (unpaired) electrons. The van der Waals surface area contributed by atoms with Crippen LogP contribution in [0, 0.1) is 0 Å². The topological polar surface area (TPSA) is 57.0 Å². The second kappa shape index (κ2) is 5.35. The molecule has 0 aromatic carbocycles. The van der Waals surface area contributed by atoms with E-state index in [1.807, 2.05) is 17.6 Å². The maximum absolute atomic E-state index is 11.2. The van der Waals surface area contributed by atoms with Gasteiger partial charge in [-0.2, -0.15) is 0 Å². The highest BCUT2D eigenvalue weighted by Crippen LogP contribution is 2.24. The molecule has 96 valence electrons. The zero-order chi connectivity index (χ0) is 13.1. The van der Waals surface area contributed by atoms with Crippen LogP contribution in [0.1, 0.15) is 24.5 Å². The monoisotopic (exact) mass is 267 g/mol. The molecular formula is C12H14ClN3O2. The molecule has 1 atom stereocenters. The zero-order valence-electron chi connectivity index (χ0n) is 10.3. The minimum absolute atomic E-state index is 0.227. The van der Waals surface area contributed by atoms with E-state index in [-0.39, 0.29) is 11.3 Å². The van der Waals surface area contributed by atoms with E-state index in [2.05, 4.69) is 14.7 Å². The van der Waals surface area contributed by atoms with Crippen molar-refractivity contribution in [2.75, 3.05) is 7.11 Å². The predicted molar refractivity (Wildman–Crippen MR) is 68.4 cm³/mol. The molecule has 0 spiro atoms. The Morgan fingerprint density at radius 2 is 2.39 bits per heavy atom. The fraction of sp³-hybridized carbons (Fsp3) is 0.417. The summed E-state index contributed by atoms with van der Waals surface area (Å²) in [5, 5.41) is -0.227. The molecule has 0 bridgehead atoms. The Labute approximate surface area is 110 Å². The molecule has 0 aliphatic carbocycles. The van der Waals surface area contributed by atoms with E-state index in [0.717, 1.165) is 16.9 Å². The van der Waals surface area contributed by atoms with E-state index >= 15 is 0 Å². The summed E-state index contributed by atoms with van der Waals surface area (Å²) >= 11 is 6.11. The number of aryl methyl sites for hydroxylation is 1. The Bertz CT molecular complexity index is 565. The summed E-state index contributed by atoms with van der Waals surface area (Å²) in [5.41, 5.74) is 1.71. The van der Waals surface area contributed by atoms with E-state index in [1.165, 1.54) is 7.11 Å². The van der Waals surface area contributed by atoms with Crippen LogP contribution in [0.4, 0.5) is 0 Å². The zero-order valence-corrected chi connectivity index (χ0v) is 11.0. The highest BCUT2D eigenvalue weighted by molar-refractivity contribution is 6.20. The van der Waals surface area contributed by atoms with Crippen molar-refractivity contribution in [2.45, 2.75) is 25.3 Å². The molecule has 0 aliphatic rings. The van der Waals surface area contributed by atoms with Gasteiger partial charge in [-0.25, -0.2) is 4.98 Å². The summed E-state index contributed by atoms with van der Waals surface area (Å²) in [6.07, 6.45) is 3.68. The summed E-state index contributed by atoms with van der Waals surface area (Å²) in [7, 11) is 1.38. The number of alkyl halides is 1. The van der Waals surface area contributed by atoms with E-state index in [1.54, 1.807) is 12.4 Å². The molecule has 0 fully saturated rings. The van der Waals surface area contributed by atoms with Crippen LogP contribution in [0.5, 0.6) is 0 Å². The quantitative estimate of drug-likeness (QED) is 0.630. The van der Waals surface area contributed by atoms with Gasteiger partial charge >= 0.3 is 5.97 Å². The number of methoxy groups -OCH3 is 1. The molecule has 2 aromatic heterocycles. The molecule has 0 N–H and O–H groups in total. The highest BCUT2D eigenvalue weighted by atomic mass is 35.5. The third kappa shape index (κ3) is 2.46. The number of halogens is 1. The number of pyridine rings is 1. The van der Waals surface area contributed by atoms with Crippen LogP contribution in [0.15, 0.2) is 18.5 Å². The van der Waals surface area contributed by atoms with E-state index < -0.39 is 0 Å². The van der Waals surface area contributed by atoms with Gasteiger partial charge in [0.05, 0.1) is 30.6 Å². The molecule has 5 nitrogen and oxygen atoms in total. The molecule has 6 heteroatoms. The molecule has 1 unspecified atom stereocenters. The summed E-state index contributed by atoms with van der Waals surface area (Å²) in [5.74, 6) is 0.489. The van der Waals surface area contributed by atoms with Crippen LogP contribution >= 0.6 is 11.6 Å². The number of hydrogen-bond acceptors (Lipinski definition) is 4. The first kappa shape index (κ1) is 12.8. The van der Waals surface area contributed by atoms with Crippen molar-refractivity contribution < 1.29 is 9.53 Å². The van der Waals surface area contributed by atoms with Crippen molar-refractivity contribution in [1.29, 1.82) is 0 Å². The lowest BCUT2D eigenvalue weighted by Crippen LogP contribution is -2.10. The first-order valence-electron chi connectivity index (χ1n) is 5.64. The number of carbonyl (C=O) groups excluding carboxylic acids is 1. The average molecular weight is 268 g/mol. The fourth-order valence-electron chi connectivity index (χ4n) is 1.84. The van der Waals surface area contributed by atoms with E-state index in [4.69, 9.17) is 11.6 Å². The average Bonchev–Trinajstić information content (AvgIpc) is 2.75. The number of hydrogen-bond donors (Lipinski definition) is 0. The lowest BCUT2D eigenvalue weighted by Gasteiger charge is -2.09. The smallest absolute Gasteiger partial charge is 0.307 e. The van der Waals surface area contributed by atoms with Crippen molar-refractivity contribution in [1.82, 2.24) is 14.5 Å². The molecule has 0 saturated heterocycles. The Hall–Kier alpha value is -1.62. The Morgan fingerprint density at radius 3 is 3.06 bits per heavy atom. The van der Waals surface area contributed by atoms with Crippen LogP contribution in [0.3, 0.4) is 0 Å². The standard InChI is InChI=1S/C12H14ClN3O2/c1-8(13)12-15-9-7-14-5-3-10(9)16(12)6-4-11(17)18-2/h3,5,7-8H,4,6H2,1-2H3. The largest absolute Gasteiger partial charge is 0.469 e. The van der Waals surface area contributed by atoms with Gasteiger partial charge in [0.25, 0.3) is 0 Å². The van der Waals surface area contributed by atoms with Crippen LogP contribution in [0.25, 0.3) is 11.0 Å². The number of imidazole rings is 1. The van der Waals surface area contributed by atoms with Crippen molar-refractivity contribution >= 4 is 28.6 Å². The van der Waals surface area contributed by atoms with Gasteiger partial charge in [-0.05, 0) is 13.0 Å². The highest BCUT2D eigenvalue weighted by Gasteiger charge is 2.15. The normalized spacial score (nSPS) is 12.6. The molecule has 18 heavy (non-hydrogen) atoms. The number of ether oxygens (including phenoxy) is 1. The Morgan fingerprint density at radius 1 is 1.61 bits per heavy atom. The molecule has 0 aliphatic heterocycles. The van der Waals surface area contributed by atoms with Gasteiger partial charge in [-0.1, -0.05) is 0 Å². The number of carbonyl (C=O) groups is 1. The molecule has 2 rings (SSSR count). The lowest BCUT2D eigenvalue weighted by molar-refractivity contribution is -0.140. The molecular weight excluding hydrogens is 254 g/mol. The van der Waals surface area contributed by atoms with Gasteiger partial charge in [-0.15, -0.1) is 11.6 Å². The number of esters is 1. The molecule has 0 saturated carbocycles. The summed E-state index contributed by atoms with van der Waals surface area (Å²) < 4.78 is 6.58. The van der Waals surface area contributed by atoms with Gasteiger partial charge in [0.1, 0.15) is 11.3 Å². The minimum atomic E-state index is -0.251. The van der Waals surface area contributed by atoms with Gasteiger partial charge in [0, 0.05) is 12.7 Å². The van der Waals surface area contributed by atoms with Crippen molar-refractivity contribution in [2.24, 2.45) is 0 Å². The van der Waals surface area contributed by atoms with Gasteiger partial charge in [0.15, 0.2) is 0 Å². The number of rotatable bonds is 4. The lowest BCUT2D eigenvalue weighted by atomic mass is 10.3. The maximum atomic E-state index is 11.2. The molecule has 2 aromatic rings. The van der Waals surface area contributed by atoms with Crippen LogP contribution in [-0.2, 0) is 16.1 Å². The maximum Gasteiger partial charge on any atom is 0.307 e. The van der Waals surface area contributed by atoms with Crippen molar-refractivity contribution in [3.63, 3.8) is 0 Å². The number of nitrogens with zero attached hydrogens (tertiary/aromatic N) is 3. The molecule has 0 amide bonds. The van der Waals surface area contributed by atoms with E-state index in [9.17, 15) is 4.79 Å². The second-order valence-electron chi connectivity index (χ2n) is 3.93. The SMILES string of the molecule is COC(=O)CCn1c(C(C)Cl)nc2cnccc21. The number of fused-ring (bicyclic) bond motifs is 1. The summed E-state index contributed by atoms with van der Waals surface area (Å²) in [4.78, 5) is 19.7. The van der Waals surface area contributed by atoms with E-state index in [0.29, 0.717) is 13.0 Å². The first-order chi connectivity index (χ1) is 8.63. The van der Waals surface area contributed by atoms with Crippen LogP contribution in [0.2, 0.25) is 0 Å². The minimum Gasteiger partial charge on any atom is -0.469 e. The Balaban J connectivity index is 2.39. The van der Waals surface area contributed by atoms with Crippen molar-refractivity contribution in [3.8, 4) is 0 Å². The Kier molecular flexibility index (Phi) is 3.81. The van der Waals surface area contributed by atoms with Gasteiger partial charge in [-0.3, -0.25) is 9.78 Å². The second-order valence-corrected chi connectivity index (χ2v) is 4.58. The summed E-state index contributed by atoms with van der Waals surface area (Å²) in [6, 6.07) is 1.86. The van der Waals surface area contributed by atoms with Crippen LogP contribution in [-0.4, -0.2) is 27.6 Å². The fourth-order valence-corrected chi connectivity index (χ4v) is 2.01. The third-order valence-corrected chi connectivity index (χ3v) is 2.90. The summed E-state index contributed by atoms with van der Waals surface area (Å²) in [6.45, 7) is 2.35. The van der Waals surface area contributed by atoms with Crippen molar-refractivity contribution in [3.05, 3.63) is 24.3 Å². The first-order valence-corrected chi connectivity index (χ1v) is 6.08. The molecule has 2 heterocycles. The van der Waals surface area contributed by atoms with Gasteiger partial charge < -0.3 is 9.30 Å². The van der Waals surface area contributed by atoms with Gasteiger partial charge in [0.2, 0.25) is 0 Å². The number of aromatic nitrogens is 3. The third-order valence-electron chi connectivity index (χ3n) is 2.70.